The van der Waals surface area contributed by atoms with Crippen LogP contribution in [0.2, 0.25) is 0 Å². The van der Waals surface area contributed by atoms with Crippen LogP contribution in [0.25, 0.3) is 0 Å². The number of morpholine rings is 1. The summed E-state index contributed by atoms with van der Waals surface area (Å²) in [5.41, 5.74) is 5.63. The average molecular weight is 240 g/mol. The third kappa shape index (κ3) is 2.33. The molecule has 0 aromatic heterocycles. The van der Waals surface area contributed by atoms with Crippen LogP contribution in [-0.2, 0) is 9.53 Å². The third-order valence-electron chi connectivity index (χ3n) is 4.36. The molecular formula is C13H24N2O2. The van der Waals surface area contributed by atoms with Gasteiger partial charge in [-0.15, -0.1) is 0 Å². The molecule has 4 nitrogen and oxygen atoms in total. The van der Waals surface area contributed by atoms with Crippen LogP contribution in [-0.4, -0.2) is 43.2 Å². The first-order valence-corrected chi connectivity index (χ1v) is 6.82. The van der Waals surface area contributed by atoms with Gasteiger partial charge in [0.2, 0.25) is 5.91 Å². The molecule has 1 unspecified atom stereocenters. The van der Waals surface area contributed by atoms with Crippen LogP contribution in [0.1, 0.15) is 39.0 Å². The lowest BCUT2D eigenvalue weighted by Gasteiger charge is -2.40. The number of nitrogens with two attached hydrogens (primary N) is 1. The molecule has 1 atom stereocenters. The van der Waals surface area contributed by atoms with E-state index in [1.807, 2.05) is 4.90 Å². The summed E-state index contributed by atoms with van der Waals surface area (Å²) in [7, 11) is 0. The molecule has 2 fully saturated rings. The summed E-state index contributed by atoms with van der Waals surface area (Å²) >= 11 is 0. The summed E-state index contributed by atoms with van der Waals surface area (Å²) in [5, 5.41) is 0. The van der Waals surface area contributed by atoms with Gasteiger partial charge in [-0.1, -0.05) is 19.8 Å². The highest BCUT2D eigenvalue weighted by Crippen LogP contribution is 2.39. The number of hydrogen-bond donors (Lipinski definition) is 1. The van der Waals surface area contributed by atoms with E-state index in [4.69, 9.17) is 10.5 Å². The lowest BCUT2D eigenvalue weighted by Crippen LogP contribution is -2.55. The van der Waals surface area contributed by atoms with E-state index >= 15 is 0 Å². The molecule has 0 radical (unpaired) electrons. The summed E-state index contributed by atoms with van der Waals surface area (Å²) in [6.07, 6.45) is 5.19. The second kappa shape index (κ2) is 5.36. The molecule has 1 saturated carbocycles. The summed E-state index contributed by atoms with van der Waals surface area (Å²) < 4.78 is 5.46. The molecule has 1 saturated heterocycles. The quantitative estimate of drug-likeness (QED) is 0.805. The number of rotatable bonds is 3. The van der Waals surface area contributed by atoms with E-state index in [1.54, 1.807) is 0 Å². The minimum Gasteiger partial charge on any atom is -0.377 e. The van der Waals surface area contributed by atoms with Crippen molar-refractivity contribution in [3.63, 3.8) is 0 Å². The van der Waals surface area contributed by atoms with Crippen molar-refractivity contribution >= 4 is 5.91 Å². The van der Waals surface area contributed by atoms with Crippen molar-refractivity contribution in [3.05, 3.63) is 0 Å². The van der Waals surface area contributed by atoms with Gasteiger partial charge in [-0.25, -0.2) is 0 Å². The highest BCUT2D eigenvalue weighted by atomic mass is 16.5. The van der Waals surface area contributed by atoms with E-state index in [0.29, 0.717) is 19.8 Å². The molecule has 0 bridgehead atoms. The van der Waals surface area contributed by atoms with Crippen molar-refractivity contribution in [1.82, 2.24) is 4.90 Å². The Morgan fingerprint density at radius 2 is 2.18 bits per heavy atom. The van der Waals surface area contributed by atoms with Crippen LogP contribution in [0.3, 0.4) is 0 Å². The minimum atomic E-state index is -0.259. The Kier molecular flexibility index (Phi) is 4.05. The molecule has 2 rings (SSSR count). The highest BCUT2D eigenvalue weighted by molar-refractivity contribution is 5.83. The molecule has 1 amide bonds. The zero-order valence-electron chi connectivity index (χ0n) is 10.8. The van der Waals surface area contributed by atoms with Gasteiger partial charge in [0, 0.05) is 13.1 Å². The average Bonchev–Trinajstić information content (AvgIpc) is 2.88. The fourth-order valence-electron chi connectivity index (χ4n) is 3.12. The lowest BCUT2D eigenvalue weighted by atomic mass is 9.84. The Labute approximate surface area is 103 Å². The number of ether oxygens (including phenoxy) is 1. The Hall–Kier alpha value is -0.610. The van der Waals surface area contributed by atoms with Gasteiger partial charge in [-0.3, -0.25) is 4.79 Å². The third-order valence-corrected chi connectivity index (χ3v) is 4.36. The van der Waals surface area contributed by atoms with Gasteiger partial charge in [0.25, 0.3) is 0 Å². The van der Waals surface area contributed by atoms with Gasteiger partial charge < -0.3 is 15.4 Å². The predicted octanol–water partition coefficient (Wildman–Crippen LogP) is 1.14. The molecular weight excluding hydrogens is 216 g/mol. The Balaban J connectivity index is 2.11. The zero-order valence-corrected chi connectivity index (χ0v) is 10.8. The van der Waals surface area contributed by atoms with Gasteiger partial charge in [-0.05, 0) is 19.3 Å². The smallest absolute Gasteiger partial charge is 0.230 e. The van der Waals surface area contributed by atoms with Crippen molar-refractivity contribution in [2.75, 3.05) is 26.3 Å². The van der Waals surface area contributed by atoms with Crippen molar-refractivity contribution in [2.24, 2.45) is 11.1 Å². The molecule has 98 valence electrons. The van der Waals surface area contributed by atoms with Gasteiger partial charge >= 0.3 is 0 Å². The second-order valence-electron chi connectivity index (χ2n) is 5.33. The van der Waals surface area contributed by atoms with Crippen molar-refractivity contribution in [1.29, 1.82) is 0 Å². The van der Waals surface area contributed by atoms with E-state index in [-0.39, 0.29) is 17.4 Å². The summed E-state index contributed by atoms with van der Waals surface area (Å²) in [6.45, 7) is 4.70. The molecule has 2 N–H and O–H groups in total. The van der Waals surface area contributed by atoms with Crippen LogP contribution in [0.15, 0.2) is 0 Å². The summed E-state index contributed by atoms with van der Waals surface area (Å²) in [6, 6.07) is 0.250. The van der Waals surface area contributed by atoms with Crippen molar-refractivity contribution in [2.45, 2.75) is 45.1 Å². The Morgan fingerprint density at radius 3 is 2.76 bits per heavy atom. The van der Waals surface area contributed by atoms with Crippen LogP contribution in [0, 0.1) is 5.41 Å². The van der Waals surface area contributed by atoms with E-state index in [9.17, 15) is 4.79 Å². The molecule has 0 spiro atoms. The van der Waals surface area contributed by atoms with Crippen LogP contribution in [0.5, 0.6) is 0 Å². The minimum absolute atomic E-state index is 0.250. The number of carbonyl (C=O) groups is 1. The first-order valence-electron chi connectivity index (χ1n) is 6.82. The van der Waals surface area contributed by atoms with E-state index in [2.05, 4.69) is 6.92 Å². The zero-order chi connectivity index (χ0) is 12.3. The lowest BCUT2D eigenvalue weighted by molar-refractivity contribution is -0.150. The van der Waals surface area contributed by atoms with E-state index in [0.717, 1.165) is 38.6 Å². The molecule has 17 heavy (non-hydrogen) atoms. The molecule has 0 aromatic rings. The molecule has 1 aliphatic carbocycles. The second-order valence-corrected chi connectivity index (χ2v) is 5.33. The largest absolute Gasteiger partial charge is 0.377 e. The van der Waals surface area contributed by atoms with Crippen molar-refractivity contribution in [3.8, 4) is 0 Å². The molecule has 0 aromatic carbocycles. The van der Waals surface area contributed by atoms with Gasteiger partial charge in [0.1, 0.15) is 0 Å². The van der Waals surface area contributed by atoms with E-state index < -0.39 is 0 Å². The Bertz CT molecular complexity index is 275. The molecule has 1 heterocycles. The first-order chi connectivity index (χ1) is 8.23. The maximum absolute atomic E-state index is 12.7. The van der Waals surface area contributed by atoms with Gasteiger partial charge in [-0.2, -0.15) is 0 Å². The number of nitrogens with zero attached hydrogens (tertiary/aromatic N) is 1. The molecule has 2 aliphatic rings. The summed E-state index contributed by atoms with van der Waals surface area (Å²) in [5.74, 6) is 0.285. The van der Waals surface area contributed by atoms with Crippen molar-refractivity contribution < 1.29 is 9.53 Å². The topological polar surface area (TPSA) is 55.6 Å². The SMILES string of the molecule is CCC1COCCN1C(=O)C1(CN)CCCC1. The normalized spacial score (nSPS) is 28.4. The molecule has 1 aliphatic heterocycles. The fourth-order valence-corrected chi connectivity index (χ4v) is 3.12. The Morgan fingerprint density at radius 1 is 1.47 bits per heavy atom. The number of carbonyl (C=O) groups excluding carboxylic acids is 1. The predicted molar refractivity (Wildman–Crippen MR) is 66.6 cm³/mol. The maximum atomic E-state index is 12.7. The number of hydrogen-bond acceptors (Lipinski definition) is 3. The number of amides is 1. The first kappa shape index (κ1) is 12.8. The standard InChI is InChI=1S/C13H24N2O2/c1-2-11-9-17-8-7-15(11)12(16)13(10-14)5-3-4-6-13/h11H,2-10,14H2,1H3. The highest BCUT2D eigenvalue weighted by Gasteiger charge is 2.44. The summed E-state index contributed by atoms with van der Waals surface area (Å²) in [4.78, 5) is 14.7. The maximum Gasteiger partial charge on any atom is 0.230 e. The van der Waals surface area contributed by atoms with Gasteiger partial charge in [0.15, 0.2) is 0 Å². The van der Waals surface area contributed by atoms with Crippen LogP contribution in [0.4, 0.5) is 0 Å². The monoisotopic (exact) mass is 240 g/mol. The van der Waals surface area contributed by atoms with Crippen LogP contribution >= 0.6 is 0 Å². The fraction of sp³-hybridized carbons (Fsp3) is 0.923. The van der Waals surface area contributed by atoms with Crippen LogP contribution < -0.4 is 5.73 Å². The molecule has 4 heteroatoms. The van der Waals surface area contributed by atoms with E-state index in [1.165, 1.54) is 0 Å². The van der Waals surface area contributed by atoms with Gasteiger partial charge in [0.05, 0.1) is 24.7 Å².